The van der Waals surface area contributed by atoms with Crippen LogP contribution in [0.5, 0.6) is 0 Å². The first kappa shape index (κ1) is 13.2. The van der Waals surface area contributed by atoms with Crippen molar-refractivity contribution in [2.24, 2.45) is 0 Å². The summed E-state index contributed by atoms with van der Waals surface area (Å²) in [6, 6.07) is 10.9. The minimum atomic E-state index is -0.0691. The highest BCUT2D eigenvalue weighted by Crippen LogP contribution is 2.26. The van der Waals surface area contributed by atoms with E-state index in [9.17, 15) is 4.79 Å². The van der Waals surface area contributed by atoms with Crippen molar-refractivity contribution in [3.05, 3.63) is 69.3 Å². The molecule has 0 saturated carbocycles. The predicted octanol–water partition coefficient (Wildman–Crippen LogP) is 5.01. The highest BCUT2D eigenvalue weighted by molar-refractivity contribution is 6.42. The van der Waals surface area contributed by atoms with E-state index < -0.39 is 0 Å². The first-order valence-electron chi connectivity index (χ1n) is 6.14. The zero-order chi connectivity index (χ0) is 14.3. The summed E-state index contributed by atoms with van der Waals surface area (Å²) in [7, 11) is 0. The Morgan fingerprint density at radius 1 is 1.05 bits per heavy atom. The number of rotatable bonds is 2. The van der Waals surface area contributed by atoms with Gasteiger partial charge in [-0.25, -0.2) is 0 Å². The molecule has 1 aromatic heterocycles. The fraction of sp³-hybridized carbons (Fsp3) is 0.0625. The number of carbonyl (C=O) groups excluding carboxylic acids is 1. The average molecular weight is 304 g/mol. The fourth-order valence-electron chi connectivity index (χ4n) is 2.22. The van der Waals surface area contributed by atoms with Crippen molar-refractivity contribution in [2.45, 2.75) is 6.92 Å². The molecule has 0 atom stereocenters. The van der Waals surface area contributed by atoms with E-state index in [1.807, 2.05) is 25.1 Å². The summed E-state index contributed by atoms with van der Waals surface area (Å²) in [5, 5.41) is 1.74. The Morgan fingerprint density at radius 3 is 2.60 bits per heavy atom. The van der Waals surface area contributed by atoms with Gasteiger partial charge in [0.15, 0.2) is 5.78 Å². The van der Waals surface area contributed by atoms with Gasteiger partial charge in [-0.1, -0.05) is 34.8 Å². The van der Waals surface area contributed by atoms with Crippen molar-refractivity contribution in [3.63, 3.8) is 0 Å². The van der Waals surface area contributed by atoms with Crippen LogP contribution in [0, 0.1) is 6.92 Å². The summed E-state index contributed by atoms with van der Waals surface area (Å²) in [5.74, 6) is -0.0691. The van der Waals surface area contributed by atoms with E-state index >= 15 is 0 Å². The normalized spacial score (nSPS) is 10.9. The zero-order valence-electron chi connectivity index (χ0n) is 10.7. The van der Waals surface area contributed by atoms with Crippen LogP contribution in [0.1, 0.15) is 21.5 Å². The summed E-state index contributed by atoms with van der Waals surface area (Å²) in [6.07, 6.45) is 1.73. The summed E-state index contributed by atoms with van der Waals surface area (Å²) >= 11 is 11.8. The molecule has 20 heavy (non-hydrogen) atoms. The molecule has 0 fully saturated rings. The molecule has 0 spiro atoms. The number of hydrogen-bond donors (Lipinski definition) is 1. The molecule has 0 aliphatic carbocycles. The lowest BCUT2D eigenvalue weighted by Gasteiger charge is -2.02. The number of hydrogen-bond acceptors (Lipinski definition) is 1. The predicted molar refractivity (Wildman–Crippen MR) is 82.9 cm³/mol. The number of aromatic amines is 1. The molecule has 1 heterocycles. The van der Waals surface area contributed by atoms with Gasteiger partial charge in [-0.2, -0.15) is 0 Å². The monoisotopic (exact) mass is 303 g/mol. The number of halogens is 2. The minimum Gasteiger partial charge on any atom is -0.360 e. The summed E-state index contributed by atoms with van der Waals surface area (Å²) in [5.41, 5.74) is 3.23. The highest BCUT2D eigenvalue weighted by atomic mass is 35.5. The number of aryl methyl sites for hydroxylation is 1. The zero-order valence-corrected chi connectivity index (χ0v) is 12.2. The summed E-state index contributed by atoms with van der Waals surface area (Å²) < 4.78 is 0. The van der Waals surface area contributed by atoms with E-state index in [1.54, 1.807) is 24.4 Å². The third-order valence-corrected chi connectivity index (χ3v) is 4.00. The second-order valence-electron chi connectivity index (χ2n) is 4.71. The van der Waals surface area contributed by atoms with Crippen LogP contribution >= 0.6 is 23.2 Å². The van der Waals surface area contributed by atoms with Gasteiger partial charge in [0.1, 0.15) is 0 Å². The van der Waals surface area contributed by atoms with Gasteiger partial charge < -0.3 is 4.98 Å². The van der Waals surface area contributed by atoms with Gasteiger partial charge >= 0.3 is 0 Å². The molecule has 3 rings (SSSR count). The standard InChI is InChI=1S/C16H11Cl2NO/c1-9-2-5-15-11(6-9)12(8-19-15)16(20)10-3-4-13(17)14(18)7-10/h2-8,19H,1H3. The lowest BCUT2D eigenvalue weighted by Crippen LogP contribution is -2.00. The SMILES string of the molecule is Cc1ccc2[nH]cc(C(=O)c3ccc(Cl)c(Cl)c3)c2c1. The van der Waals surface area contributed by atoms with Gasteiger partial charge in [-0.15, -0.1) is 0 Å². The Bertz CT molecular complexity index is 820. The Kier molecular flexibility index (Phi) is 3.28. The third kappa shape index (κ3) is 2.21. The number of nitrogens with one attached hydrogen (secondary N) is 1. The van der Waals surface area contributed by atoms with Crippen LogP contribution in [-0.4, -0.2) is 10.8 Å². The maximum Gasteiger partial charge on any atom is 0.195 e. The number of ketones is 1. The van der Waals surface area contributed by atoms with Crippen LogP contribution < -0.4 is 0 Å². The van der Waals surface area contributed by atoms with E-state index in [4.69, 9.17) is 23.2 Å². The number of fused-ring (bicyclic) bond motifs is 1. The topological polar surface area (TPSA) is 32.9 Å². The van der Waals surface area contributed by atoms with Gasteiger partial charge in [0, 0.05) is 28.2 Å². The van der Waals surface area contributed by atoms with E-state index in [0.717, 1.165) is 16.5 Å². The third-order valence-electron chi connectivity index (χ3n) is 3.26. The molecule has 0 aliphatic rings. The number of benzene rings is 2. The Labute approximate surface area is 126 Å². The maximum atomic E-state index is 12.6. The van der Waals surface area contributed by atoms with Crippen molar-refractivity contribution < 1.29 is 4.79 Å². The first-order valence-corrected chi connectivity index (χ1v) is 6.89. The van der Waals surface area contributed by atoms with Gasteiger partial charge in [0.2, 0.25) is 0 Å². The molecule has 4 heteroatoms. The van der Waals surface area contributed by atoms with Crippen LogP contribution in [0.4, 0.5) is 0 Å². The molecular weight excluding hydrogens is 293 g/mol. The molecule has 100 valence electrons. The van der Waals surface area contributed by atoms with Crippen molar-refractivity contribution in [3.8, 4) is 0 Å². The summed E-state index contributed by atoms with van der Waals surface area (Å²) in [4.78, 5) is 15.7. The fourth-order valence-corrected chi connectivity index (χ4v) is 2.51. The largest absolute Gasteiger partial charge is 0.360 e. The maximum absolute atomic E-state index is 12.6. The Balaban J connectivity index is 2.12. The molecule has 3 aromatic rings. The summed E-state index contributed by atoms with van der Waals surface area (Å²) in [6.45, 7) is 2.00. The van der Waals surface area contributed by atoms with Gasteiger partial charge in [0.25, 0.3) is 0 Å². The smallest absolute Gasteiger partial charge is 0.195 e. The minimum absolute atomic E-state index is 0.0691. The molecule has 1 N–H and O–H groups in total. The number of aromatic nitrogens is 1. The second kappa shape index (κ2) is 4.97. The highest BCUT2D eigenvalue weighted by Gasteiger charge is 2.15. The van der Waals surface area contributed by atoms with Gasteiger partial charge in [-0.3, -0.25) is 4.79 Å². The molecule has 0 unspecified atom stereocenters. The molecule has 2 aromatic carbocycles. The molecule has 0 saturated heterocycles. The lowest BCUT2D eigenvalue weighted by atomic mass is 10.0. The molecule has 0 amide bonds. The average Bonchev–Trinajstić information content (AvgIpc) is 2.84. The van der Waals surface area contributed by atoms with Crippen LogP contribution in [0.15, 0.2) is 42.6 Å². The number of H-pyrrole nitrogens is 1. The first-order chi connectivity index (χ1) is 9.56. The van der Waals surface area contributed by atoms with Crippen molar-refractivity contribution in [1.29, 1.82) is 0 Å². The van der Waals surface area contributed by atoms with Crippen LogP contribution in [-0.2, 0) is 0 Å². The molecule has 0 aliphatic heterocycles. The van der Waals surface area contributed by atoms with Crippen LogP contribution in [0.3, 0.4) is 0 Å². The van der Waals surface area contributed by atoms with Gasteiger partial charge in [-0.05, 0) is 37.3 Å². The lowest BCUT2D eigenvalue weighted by molar-refractivity contribution is 0.104. The van der Waals surface area contributed by atoms with Crippen LogP contribution in [0.2, 0.25) is 10.0 Å². The molecule has 2 nitrogen and oxygen atoms in total. The van der Waals surface area contributed by atoms with E-state index in [0.29, 0.717) is 21.2 Å². The molecule has 0 bridgehead atoms. The van der Waals surface area contributed by atoms with E-state index in [1.165, 1.54) is 0 Å². The van der Waals surface area contributed by atoms with Crippen molar-refractivity contribution in [1.82, 2.24) is 4.98 Å². The van der Waals surface area contributed by atoms with Crippen LogP contribution in [0.25, 0.3) is 10.9 Å². The second-order valence-corrected chi connectivity index (χ2v) is 5.52. The van der Waals surface area contributed by atoms with Crippen molar-refractivity contribution in [2.75, 3.05) is 0 Å². The van der Waals surface area contributed by atoms with Gasteiger partial charge in [0.05, 0.1) is 10.0 Å². The number of carbonyl (C=O) groups is 1. The Morgan fingerprint density at radius 2 is 1.85 bits per heavy atom. The quantitative estimate of drug-likeness (QED) is 0.663. The van der Waals surface area contributed by atoms with E-state index in [-0.39, 0.29) is 5.78 Å². The van der Waals surface area contributed by atoms with Crippen molar-refractivity contribution >= 4 is 39.9 Å². The van der Waals surface area contributed by atoms with E-state index in [2.05, 4.69) is 4.98 Å². The molecular formula is C16H11Cl2NO. The molecule has 0 radical (unpaired) electrons. The Hall–Kier alpha value is -1.77.